The Balaban J connectivity index is 1.58. The van der Waals surface area contributed by atoms with Crippen LogP contribution in [0.3, 0.4) is 0 Å². The number of rotatable bonds is 5. The van der Waals surface area contributed by atoms with E-state index < -0.39 is 12.1 Å². The predicted octanol–water partition coefficient (Wildman–Crippen LogP) is 2.93. The molecular weight excluding hydrogens is 530 g/mol. The number of aromatic nitrogens is 3. The molecule has 3 aromatic rings. The lowest BCUT2D eigenvalue weighted by Crippen LogP contribution is -2.50. The predicted molar refractivity (Wildman–Crippen MR) is 161 cm³/mol. The first-order chi connectivity index (χ1) is 20.3. The second kappa shape index (κ2) is 15.3. The zero-order valence-corrected chi connectivity index (χ0v) is 24.9. The van der Waals surface area contributed by atoms with Crippen molar-refractivity contribution in [3.63, 3.8) is 0 Å². The van der Waals surface area contributed by atoms with Crippen LogP contribution in [0.25, 0.3) is 0 Å². The van der Waals surface area contributed by atoms with E-state index in [1.54, 1.807) is 11.6 Å². The normalized spacial score (nSPS) is 20.1. The smallest absolute Gasteiger partial charge is 0.243 e. The molecule has 4 rings (SSSR count). The van der Waals surface area contributed by atoms with Gasteiger partial charge in [0, 0.05) is 32.5 Å². The van der Waals surface area contributed by atoms with Crippen molar-refractivity contribution in [3.8, 4) is 0 Å². The van der Waals surface area contributed by atoms with Gasteiger partial charge in [0.05, 0.1) is 6.04 Å². The van der Waals surface area contributed by atoms with Crippen LogP contribution in [-0.2, 0) is 33.9 Å². The van der Waals surface area contributed by atoms with Crippen LogP contribution in [0.2, 0.25) is 0 Å². The Hall–Kier alpha value is -4.05. The first-order valence-corrected chi connectivity index (χ1v) is 14.9. The summed E-state index contributed by atoms with van der Waals surface area (Å²) in [6, 6.07) is 18.6. The van der Waals surface area contributed by atoms with Gasteiger partial charge in [-0.15, -0.1) is 0 Å². The summed E-state index contributed by atoms with van der Waals surface area (Å²) in [5, 5.41) is 13.6. The molecule has 1 aliphatic heterocycles. The molecule has 3 N–H and O–H groups in total. The Morgan fingerprint density at radius 3 is 2.24 bits per heavy atom. The molecule has 0 fully saturated rings. The monoisotopic (exact) mass is 573 g/mol. The van der Waals surface area contributed by atoms with Crippen molar-refractivity contribution in [2.45, 2.75) is 71.6 Å². The zero-order chi connectivity index (χ0) is 29.9. The quantitative estimate of drug-likeness (QED) is 0.432. The van der Waals surface area contributed by atoms with Crippen LogP contribution in [0, 0.1) is 12.8 Å². The number of carbonyl (C=O) groups is 3. The lowest BCUT2D eigenvalue weighted by Gasteiger charge is -2.26. The summed E-state index contributed by atoms with van der Waals surface area (Å²) in [4.78, 5) is 46.7. The molecule has 1 aromatic heterocycles. The van der Waals surface area contributed by atoms with Crippen LogP contribution < -0.4 is 16.0 Å². The third-order valence-corrected chi connectivity index (χ3v) is 7.38. The SMILES string of the molecule is Cc1nc2n(n1)CC(=O)NCCCN(Cc1ccccc1)CCCC(=O)N[C@H](Cc1ccccc1)C(=O)N[C@H]2C(C)C. The topological polar surface area (TPSA) is 121 Å². The molecule has 0 radical (unpaired) electrons. The highest BCUT2D eigenvalue weighted by Crippen LogP contribution is 2.21. The van der Waals surface area contributed by atoms with Crippen molar-refractivity contribution < 1.29 is 14.4 Å². The van der Waals surface area contributed by atoms with E-state index in [1.165, 1.54) is 5.56 Å². The summed E-state index contributed by atoms with van der Waals surface area (Å²) in [5.74, 6) is 0.405. The maximum absolute atomic E-state index is 13.7. The summed E-state index contributed by atoms with van der Waals surface area (Å²) in [6.07, 6.45) is 2.10. The Bertz CT molecular complexity index is 1310. The average Bonchev–Trinajstić information content (AvgIpc) is 3.32. The number of amides is 3. The van der Waals surface area contributed by atoms with Crippen LogP contribution in [0.4, 0.5) is 0 Å². The number of carbonyl (C=O) groups excluding carboxylic acids is 3. The third kappa shape index (κ3) is 9.24. The molecule has 224 valence electrons. The van der Waals surface area contributed by atoms with Crippen LogP contribution >= 0.6 is 0 Å². The van der Waals surface area contributed by atoms with E-state index in [-0.39, 0.29) is 30.2 Å². The summed E-state index contributed by atoms with van der Waals surface area (Å²) in [5.41, 5.74) is 2.15. The number of benzene rings is 2. The van der Waals surface area contributed by atoms with Gasteiger partial charge in [0.15, 0.2) is 5.82 Å². The Labute approximate surface area is 248 Å². The second-order valence-corrected chi connectivity index (χ2v) is 11.3. The molecule has 0 spiro atoms. The molecular formula is C32H43N7O3. The van der Waals surface area contributed by atoms with Crippen molar-refractivity contribution >= 4 is 17.7 Å². The molecule has 10 heteroatoms. The lowest BCUT2D eigenvalue weighted by molar-refractivity contribution is -0.129. The lowest BCUT2D eigenvalue weighted by atomic mass is 10.0. The third-order valence-electron chi connectivity index (χ3n) is 7.38. The van der Waals surface area contributed by atoms with Crippen molar-refractivity contribution in [3.05, 3.63) is 83.4 Å². The van der Waals surface area contributed by atoms with Crippen LogP contribution in [0.15, 0.2) is 60.7 Å². The molecule has 0 saturated heterocycles. The molecule has 2 aromatic carbocycles. The maximum atomic E-state index is 13.7. The minimum absolute atomic E-state index is 0.00712. The highest BCUT2D eigenvalue weighted by molar-refractivity contribution is 5.88. The molecule has 2 atom stereocenters. The molecule has 2 heterocycles. The van der Waals surface area contributed by atoms with Gasteiger partial charge in [-0.05, 0) is 43.4 Å². The van der Waals surface area contributed by atoms with Gasteiger partial charge < -0.3 is 16.0 Å². The summed E-state index contributed by atoms with van der Waals surface area (Å²) in [7, 11) is 0. The van der Waals surface area contributed by atoms with Crippen molar-refractivity contribution in [2.24, 2.45) is 5.92 Å². The number of aryl methyl sites for hydroxylation is 1. The molecule has 0 bridgehead atoms. The van der Waals surface area contributed by atoms with Gasteiger partial charge in [-0.2, -0.15) is 5.10 Å². The largest absolute Gasteiger partial charge is 0.354 e. The van der Waals surface area contributed by atoms with E-state index in [2.05, 4.69) is 43.1 Å². The van der Waals surface area contributed by atoms with E-state index in [9.17, 15) is 14.4 Å². The Morgan fingerprint density at radius 2 is 1.55 bits per heavy atom. The maximum Gasteiger partial charge on any atom is 0.243 e. The first-order valence-electron chi connectivity index (χ1n) is 14.9. The fourth-order valence-corrected chi connectivity index (χ4v) is 5.22. The van der Waals surface area contributed by atoms with Gasteiger partial charge in [-0.3, -0.25) is 19.3 Å². The van der Waals surface area contributed by atoms with Gasteiger partial charge in [0.25, 0.3) is 0 Å². The van der Waals surface area contributed by atoms with E-state index in [0.29, 0.717) is 37.5 Å². The van der Waals surface area contributed by atoms with E-state index in [4.69, 9.17) is 0 Å². The number of nitrogens with one attached hydrogen (secondary N) is 3. The van der Waals surface area contributed by atoms with Gasteiger partial charge in [0.1, 0.15) is 18.4 Å². The van der Waals surface area contributed by atoms with Crippen molar-refractivity contribution in [1.82, 2.24) is 35.6 Å². The summed E-state index contributed by atoms with van der Waals surface area (Å²) in [6.45, 7) is 8.53. The fourth-order valence-electron chi connectivity index (χ4n) is 5.22. The van der Waals surface area contributed by atoms with Crippen LogP contribution in [-0.4, -0.2) is 63.1 Å². The number of hydrogen-bond donors (Lipinski definition) is 3. The molecule has 42 heavy (non-hydrogen) atoms. The summed E-state index contributed by atoms with van der Waals surface area (Å²) >= 11 is 0. The van der Waals surface area contributed by atoms with E-state index in [0.717, 1.165) is 31.6 Å². The minimum Gasteiger partial charge on any atom is -0.354 e. The van der Waals surface area contributed by atoms with Crippen LogP contribution in [0.1, 0.15) is 61.9 Å². The van der Waals surface area contributed by atoms with Gasteiger partial charge >= 0.3 is 0 Å². The molecule has 0 aliphatic carbocycles. The second-order valence-electron chi connectivity index (χ2n) is 11.3. The molecule has 0 saturated carbocycles. The highest BCUT2D eigenvalue weighted by Gasteiger charge is 2.29. The summed E-state index contributed by atoms with van der Waals surface area (Å²) < 4.78 is 1.57. The van der Waals surface area contributed by atoms with Gasteiger partial charge in [-0.25, -0.2) is 9.67 Å². The standard InChI is InChI=1S/C32H43N7O3/c1-23(2)30-31-34-24(3)37-39(31)22-29(41)33-17-11-19-38(21-26-14-8-5-9-15-26)18-10-16-28(40)35-27(32(42)36-30)20-25-12-6-4-7-13-25/h4-9,12-15,23,27,30H,10-11,16-22H2,1-3H3,(H,33,41)(H,35,40)(H,36,42)/t27-,30+/m1/s1. The van der Waals surface area contributed by atoms with Gasteiger partial charge in [-0.1, -0.05) is 74.5 Å². The van der Waals surface area contributed by atoms with Crippen molar-refractivity contribution in [1.29, 1.82) is 0 Å². The first kappa shape index (κ1) is 30.9. The number of nitrogens with zero attached hydrogens (tertiary/aromatic N) is 4. The van der Waals surface area contributed by atoms with Gasteiger partial charge in [0.2, 0.25) is 17.7 Å². The molecule has 1 aliphatic rings. The molecule has 10 nitrogen and oxygen atoms in total. The van der Waals surface area contributed by atoms with Crippen molar-refractivity contribution in [2.75, 3.05) is 19.6 Å². The fraction of sp³-hybridized carbons (Fsp3) is 0.469. The van der Waals surface area contributed by atoms with E-state index >= 15 is 0 Å². The van der Waals surface area contributed by atoms with Crippen LogP contribution in [0.5, 0.6) is 0 Å². The Kier molecular flexibility index (Phi) is 11.2. The minimum atomic E-state index is -0.763. The molecule has 3 amide bonds. The average molecular weight is 574 g/mol. The zero-order valence-electron chi connectivity index (χ0n) is 24.9. The number of fused-ring (bicyclic) bond motifs is 1. The molecule has 0 unspecified atom stereocenters. The Morgan fingerprint density at radius 1 is 0.881 bits per heavy atom. The highest BCUT2D eigenvalue weighted by atomic mass is 16.2. The number of hydrogen-bond acceptors (Lipinski definition) is 6. The van der Waals surface area contributed by atoms with E-state index in [1.807, 2.05) is 62.4 Å².